The lowest BCUT2D eigenvalue weighted by atomic mass is 9.82. The van der Waals surface area contributed by atoms with Gasteiger partial charge in [-0.15, -0.1) is 0 Å². The summed E-state index contributed by atoms with van der Waals surface area (Å²) in [5.74, 6) is -1.33. The van der Waals surface area contributed by atoms with E-state index >= 15 is 0 Å². The van der Waals surface area contributed by atoms with Gasteiger partial charge in [0.2, 0.25) is 0 Å². The molecule has 4 rings (SSSR count). The van der Waals surface area contributed by atoms with Crippen LogP contribution in [0.3, 0.4) is 0 Å². The van der Waals surface area contributed by atoms with Gasteiger partial charge in [-0.25, -0.2) is 19.2 Å². The van der Waals surface area contributed by atoms with Crippen LogP contribution in [0.15, 0.2) is 42.9 Å². The van der Waals surface area contributed by atoms with Crippen LogP contribution in [0.4, 0.5) is 10.1 Å². The summed E-state index contributed by atoms with van der Waals surface area (Å²) >= 11 is 0. The number of pyridine rings is 1. The summed E-state index contributed by atoms with van der Waals surface area (Å²) in [5, 5.41) is 10.3. The first-order valence-corrected chi connectivity index (χ1v) is 13.7. The highest BCUT2D eigenvalue weighted by Gasteiger charge is 2.35. The molecular formula is C31H39FN4O4. The molecule has 40 heavy (non-hydrogen) atoms. The fraction of sp³-hybridized carbons (Fsp3) is 0.484. The number of aliphatic carboxylic acids is 1. The smallest absolute Gasteiger partial charge is 0.337 e. The zero-order valence-electron chi connectivity index (χ0n) is 24.2. The standard InChI is InChI=1S/C31H39FN4O4/c1-20-25(27(28(37)38)40-30(2,3)4)26(36-14-12-31(5,6)13-15-36)24(19-33-20)22-17-34-29(35-18-22)39-16-11-21-7-9-23(32)10-8-21/h7-10,17-19,27H,11-16H2,1-6H3,(H,37,38)/t27-/m0/s1. The number of aromatic nitrogens is 3. The number of piperidine rings is 1. The Labute approximate surface area is 235 Å². The number of ether oxygens (including phenoxy) is 2. The van der Waals surface area contributed by atoms with Crippen molar-refractivity contribution in [2.75, 3.05) is 24.6 Å². The van der Waals surface area contributed by atoms with E-state index in [4.69, 9.17) is 9.47 Å². The molecule has 1 atom stereocenters. The van der Waals surface area contributed by atoms with Crippen LogP contribution in [0.5, 0.6) is 6.01 Å². The van der Waals surface area contributed by atoms with Gasteiger partial charge in [0, 0.05) is 60.5 Å². The second kappa shape index (κ2) is 11.9. The molecule has 0 saturated carbocycles. The van der Waals surface area contributed by atoms with E-state index in [1.54, 1.807) is 30.7 Å². The first-order chi connectivity index (χ1) is 18.8. The fourth-order valence-corrected chi connectivity index (χ4v) is 4.84. The number of anilines is 1. The number of hydrogen-bond donors (Lipinski definition) is 1. The minimum Gasteiger partial charge on any atom is -0.479 e. The maximum Gasteiger partial charge on any atom is 0.337 e. The number of carboxylic acid groups (broad SMARTS) is 1. The van der Waals surface area contributed by atoms with Crippen LogP contribution in [0.25, 0.3) is 11.1 Å². The quantitative estimate of drug-likeness (QED) is 0.338. The van der Waals surface area contributed by atoms with Gasteiger partial charge in [-0.1, -0.05) is 26.0 Å². The van der Waals surface area contributed by atoms with Crippen molar-refractivity contribution in [3.63, 3.8) is 0 Å². The van der Waals surface area contributed by atoms with Crippen molar-refractivity contribution in [2.45, 2.75) is 72.5 Å². The third-order valence-corrected chi connectivity index (χ3v) is 7.15. The number of hydrogen-bond acceptors (Lipinski definition) is 7. The molecular weight excluding hydrogens is 511 g/mol. The molecule has 1 aliphatic rings. The number of carboxylic acids is 1. The van der Waals surface area contributed by atoms with Gasteiger partial charge in [0.15, 0.2) is 6.10 Å². The second-order valence-electron chi connectivity index (χ2n) is 12.1. The molecule has 1 fully saturated rings. The zero-order valence-corrected chi connectivity index (χ0v) is 24.2. The van der Waals surface area contributed by atoms with E-state index in [1.165, 1.54) is 12.1 Å². The van der Waals surface area contributed by atoms with E-state index in [1.807, 2.05) is 27.7 Å². The van der Waals surface area contributed by atoms with E-state index < -0.39 is 17.7 Å². The van der Waals surface area contributed by atoms with Gasteiger partial charge in [-0.3, -0.25) is 4.98 Å². The molecule has 0 amide bonds. The molecule has 3 aromatic rings. The molecule has 214 valence electrons. The van der Waals surface area contributed by atoms with Crippen LogP contribution < -0.4 is 9.64 Å². The molecule has 9 heteroatoms. The van der Waals surface area contributed by atoms with Crippen LogP contribution >= 0.6 is 0 Å². The van der Waals surface area contributed by atoms with Crippen molar-refractivity contribution in [2.24, 2.45) is 5.41 Å². The minimum atomic E-state index is -1.19. The average molecular weight is 551 g/mol. The lowest BCUT2D eigenvalue weighted by Crippen LogP contribution is -2.39. The first kappa shape index (κ1) is 29.4. The molecule has 0 unspecified atom stereocenters. The van der Waals surface area contributed by atoms with Crippen molar-refractivity contribution >= 4 is 11.7 Å². The van der Waals surface area contributed by atoms with Crippen LogP contribution in [-0.2, 0) is 16.0 Å². The predicted octanol–water partition coefficient (Wildman–Crippen LogP) is 6.17. The van der Waals surface area contributed by atoms with Crippen LogP contribution in [0.2, 0.25) is 0 Å². The number of rotatable bonds is 9. The lowest BCUT2D eigenvalue weighted by molar-refractivity contribution is -0.160. The number of benzene rings is 1. The van der Waals surface area contributed by atoms with E-state index in [2.05, 4.69) is 33.7 Å². The molecule has 0 aliphatic carbocycles. The summed E-state index contributed by atoms with van der Waals surface area (Å²) in [6.45, 7) is 13.8. The molecule has 0 radical (unpaired) electrons. The highest BCUT2D eigenvalue weighted by Crippen LogP contribution is 2.43. The Hall–Kier alpha value is -3.59. The fourth-order valence-electron chi connectivity index (χ4n) is 4.84. The molecule has 0 spiro atoms. The van der Waals surface area contributed by atoms with E-state index in [0.29, 0.717) is 29.8 Å². The van der Waals surface area contributed by atoms with Crippen molar-refractivity contribution in [3.8, 4) is 17.1 Å². The van der Waals surface area contributed by atoms with Gasteiger partial charge >= 0.3 is 12.0 Å². The SMILES string of the molecule is Cc1ncc(-c2cnc(OCCc3ccc(F)cc3)nc2)c(N2CCC(C)(C)CC2)c1[C@H](OC(C)(C)C)C(=O)O. The Bertz CT molecular complexity index is 1310. The molecule has 0 bridgehead atoms. The molecule has 2 aromatic heterocycles. The minimum absolute atomic E-state index is 0.211. The van der Waals surface area contributed by atoms with Gasteiger partial charge < -0.3 is 19.5 Å². The van der Waals surface area contributed by atoms with Crippen LogP contribution in [0.1, 0.15) is 70.4 Å². The third-order valence-electron chi connectivity index (χ3n) is 7.15. The van der Waals surface area contributed by atoms with Gasteiger partial charge in [0.1, 0.15) is 5.82 Å². The molecule has 8 nitrogen and oxygen atoms in total. The van der Waals surface area contributed by atoms with Crippen LogP contribution in [-0.4, -0.2) is 51.3 Å². The normalized spacial score (nSPS) is 16.0. The number of aryl methyl sites for hydroxylation is 1. The Morgan fingerprint density at radius 2 is 1.70 bits per heavy atom. The molecule has 1 N–H and O–H groups in total. The van der Waals surface area contributed by atoms with Crippen LogP contribution in [0, 0.1) is 18.2 Å². The molecule has 1 aliphatic heterocycles. The molecule has 1 aromatic carbocycles. The zero-order chi connectivity index (χ0) is 29.1. The monoisotopic (exact) mass is 550 g/mol. The van der Waals surface area contributed by atoms with E-state index in [9.17, 15) is 14.3 Å². The van der Waals surface area contributed by atoms with Gasteiger partial charge in [0.05, 0.1) is 17.9 Å². The first-order valence-electron chi connectivity index (χ1n) is 13.7. The summed E-state index contributed by atoms with van der Waals surface area (Å²) in [6, 6.07) is 6.52. The number of nitrogens with zero attached hydrogens (tertiary/aromatic N) is 4. The Morgan fingerprint density at radius 3 is 2.27 bits per heavy atom. The summed E-state index contributed by atoms with van der Waals surface area (Å²) in [5.41, 5.74) is 3.91. The largest absolute Gasteiger partial charge is 0.479 e. The van der Waals surface area contributed by atoms with Crippen molar-refractivity contribution in [1.29, 1.82) is 0 Å². The van der Waals surface area contributed by atoms with Gasteiger partial charge in [-0.05, 0) is 63.6 Å². The van der Waals surface area contributed by atoms with Crippen molar-refractivity contribution in [1.82, 2.24) is 15.0 Å². The molecule has 1 saturated heterocycles. The molecule has 3 heterocycles. The summed E-state index contributed by atoms with van der Waals surface area (Å²) in [4.78, 5) is 28.2. The Morgan fingerprint density at radius 1 is 1.07 bits per heavy atom. The number of halogens is 1. The van der Waals surface area contributed by atoms with Crippen molar-refractivity contribution < 1.29 is 23.8 Å². The third kappa shape index (κ3) is 7.33. The van der Waals surface area contributed by atoms with E-state index in [-0.39, 0.29) is 17.2 Å². The van der Waals surface area contributed by atoms with Crippen molar-refractivity contribution in [3.05, 3.63) is 65.5 Å². The highest BCUT2D eigenvalue weighted by atomic mass is 19.1. The van der Waals surface area contributed by atoms with Gasteiger partial charge in [0.25, 0.3) is 0 Å². The maximum atomic E-state index is 13.1. The van der Waals surface area contributed by atoms with Gasteiger partial charge in [-0.2, -0.15) is 0 Å². The highest BCUT2D eigenvalue weighted by molar-refractivity contribution is 5.86. The summed E-state index contributed by atoms with van der Waals surface area (Å²) < 4.78 is 25.0. The Balaban J connectivity index is 1.67. The maximum absolute atomic E-state index is 13.1. The summed E-state index contributed by atoms with van der Waals surface area (Å²) in [6.07, 6.45) is 6.47. The summed E-state index contributed by atoms with van der Waals surface area (Å²) in [7, 11) is 0. The predicted molar refractivity (Wildman–Crippen MR) is 152 cm³/mol. The topological polar surface area (TPSA) is 97.7 Å². The number of carbonyl (C=O) groups is 1. The van der Waals surface area contributed by atoms with E-state index in [0.717, 1.165) is 42.7 Å². The lowest BCUT2D eigenvalue weighted by Gasteiger charge is -2.40. The Kier molecular flexibility index (Phi) is 8.73. The average Bonchev–Trinajstić information content (AvgIpc) is 2.88. The second-order valence-corrected chi connectivity index (χ2v) is 12.1.